The lowest BCUT2D eigenvalue weighted by molar-refractivity contribution is -0.204. The van der Waals surface area contributed by atoms with E-state index in [-0.39, 0.29) is 11.9 Å². The van der Waals surface area contributed by atoms with Crippen molar-refractivity contribution in [2.24, 2.45) is 16.7 Å². The lowest BCUT2D eigenvalue weighted by Crippen LogP contribution is -2.66. The van der Waals surface area contributed by atoms with Crippen molar-refractivity contribution in [3.8, 4) is 0 Å². The van der Waals surface area contributed by atoms with Gasteiger partial charge < -0.3 is 24.1 Å². The third-order valence-corrected chi connectivity index (χ3v) is 8.34. The summed E-state index contributed by atoms with van der Waals surface area (Å²) in [7, 11) is 0. The van der Waals surface area contributed by atoms with Gasteiger partial charge in [0.1, 0.15) is 17.8 Å². The Morgan fingerprint density at radius 2 is 2.06 bits per heavy atom. The number of carbonyl (C=O) groups is 2. The monoisotopic (exact) mass is 444 g/mol. The summed E-state index contributed by atoms with van der Waals surface area (Å²) >= 11 is 0. The van der Waals surface area contributed by atoms with Crippen LogP contribution in [0.4, 0.5) is 0 Å². The first-order chi connectivity index (χ1) is 15.0. The lowest BCUT2D eigenvalue weighted by Gasteiger charge is -2.59. The predicted octanol–water partition coefficient (Wildman–Crippen LogP) is 3.62. The quantitative estimate of drug-likeness (QED) is 0.417. The first-order valence-electron chi connectivity index (χ1n) is 11.2. The van der Waals surface area contributed by atoms with Crippen molar-refractivity contribution in [3.05, 3.63) is 47.5 Å². The van der Waals surface area contributed by atoms with Gasteiger partial charge in [-0.15, -0.1) is 0 Å². The van der Waals surface area contributed by atoms with Crippen LogP contribution >= 0.6 is 0 Å². The van der Waals surface area contributed by atoms with E-state index in [1.54, 1.807) is 51.5 Å². The Hall–Kier alpha value is -2.38. The minimum atomic E-state index is -1.60. The van der Waals surface area contributed by atoms with Crippen molar-refractivity contribution in [1.82, 2.24) is 0 Å². The Bertz CT molecular complexity index is 972. The normalized spacial score (nSPS) is 41.8. The molecule has 1 saturated carbocycles. The minimum absolute atomic E-state index is 0.0430. The fourth-order valence-electron chi connectivity index (χ4n) is 5.84. The zero-order valence-electron chi connectivity index (χ0n) is 19.3. The number of fused-ring (bicyclic) bond motifs is 2. The molecule has 1 aromatic rings. The van der Waals surface area contributed by atoms with Crippen molar-refractivity contribution < 1.29 is 33.7 Å². The van der Waals surface area contributed by atoms with Gasteiger partial charge in [-0.25, -0.2) is 4.79 Å². The average molecular weight is 445 g/mol. The maximum Gasteiger partial charge on any atom is 0.333 e. The molecule has 2 aliphatic carbocycles. The molecule has 7 atom stereocenters. The molecule has 0 amide bonds. The molecule has 7 nitrogen and oxygen atoms in total. The highest BCUT2D eigenvalue weighted by Gasteiger charge is 2.68. The van der Waals surface area contributed by atoms with Crippen molar-refractivity contribution in [1.29, 1.82) is 0 Å². The number of carbonyl (C=O) groups excluding carboxylic acids is 2. The topological polar surface area (TPSA) is 106 Å². The van der Waals surface area contributed by atoms with E-state index in [1.165, 1.54) is 0 Å². The Morgan fingerprint density at radius 1 is 1.34 bits per heavy atom. The van der Waals surface area contributed by atoms with Crippen molar-refractivity contribution >= 4 is 11.9 Å². The number of cyclic esters (lactones) is 1. The molecule has 2 fully saturated rings. The van der Waals surface area contributed by atoms with E-state index in [9.17, 15) is 19.8 Å². The molecule has 32 heavy (non-hydrogen) atoms. The van der Waals surface area contributed by atoms with E-state index in [1.807, 2.05) is 13.8 Å². The second-order valence-corrected chi connectivity index (χ2v) is 9.91. The standard InChI is InChI=1S/C25H32O7/c1-6-14(2)21(27)32-20-17(26)11-19-23(4,24(20,5)29)9-7-15(3)25(19)12-18(31-22(25)28)16-8-10-30-13-16/h6,8,10-11,13,15,17-18,20,26,29H,7,9,12H2,1-5H3/t15-,17-,18-,20-,23+,24+,25-/m1/s1. The van der Waals surface area contributed by atoms with Gasteiger partial charge in [-0.1, -0.05) is 26.0 Å². The lowest BCUT2D eigenvalue weighted by atomic mass is 9.47. The third-order valence-electron chi connectivity index (χ3n) is 8.34. The molecule has 1 saturated heterocycles. The molecule has 0 unspecified atom stereocenters. The molecule has 4 rings (SSSR count). The first-order valence-corrected chi connectivity index (χ1v) is 11.2. The van der Waals surface area contributed by atoms with Crippen LogP contribution < -0.4 is 0 Å². The van der Waals surface area contributed by atoms with Gasteiger partial charge in [-0.2, -0.15) is 0 Å². The van der Waals surface area contributed by atoms with Gasteiger partial charge in [0.2, 0.25) is 0 Å². The van der Waals surface area contributed by atoms with Crippen LogP contribution in [-0.4, -0.2) is 40.0 Å². The Balaban J connectivity index is 1.78. The van der Waals surface area contributed by atoms with E-state index in [0.717, 1.165) is 5.56 Å². The number of hydrogen-bond acceptors (Lipinski definition) is 7. The number of aliphatic hydroxyl groups is 2. The van der Waals surface area contributed by atoms with Crippen LogP contribution in [0.15, 0.2) is 46.3 Å². The summed E-state index contributed by atoms with van der Waals surface area (Å²) in [6, 6.07) is 1.78. The molecule has 1 aliphatic heterocycles. The third kappa shape index (κ3) is 3.01. The van der Waals surface area contributed by atoms with Crippen LogP contribution in [-0.2, 0) is 19.1 Å². The highest BCUT2D eigenvalue weighted by molar-refractivity contribution is 5.88. The number of esters is 2. The Morgan fingerprint density at radius 3 is 2.69 bits per heavy atom. The molecule has 2 N–H and O–H groups in total. The van der Waals surface area contributed by atoms with Crippen molar-refractivity contribution in [2.45, 2.75) is 77.8 Å². The predicted molar refractivity (Wildman–Crippen MR) is 115 cm³/mol. The van der Waals surface area contributed by atoms with E-state index in [4.69, 9.17) is 13.9 Å². The van der Waals surface area contributed by atoms with Gasteiger partial charge in [-0.3, -0.25) is 4.79 Å². The number of rotatable bonds is 3. The summed E-state index contributed by atoms with van der Waals surface area (Å²) in [6.07, 6.45) is 5.15. The fourth-order valence-corrected chi connectivity index (χ4v) is 5.84. The van der Waals surface area contributed by atoms with Gasteiger partial charge in [0.25, 0.3) is 0 Å². The number of ether oxygens (including phenoxy) is 2. The highest BCUT2D eigenvalue weighted by atomic mass is 16.6. The van der Waals surface area contributed by atoms with Gasteiger partial charge in [0.15, 0.2) is 6.10 Å². The van der Waals surface area contributed by atoms with E-state index in [2.05, 4.69) is 0 Å². The van der Waals surface area contributed by atoms with Crippen LogP contribution in [0.1, 0.15) is 65.5 Å². The summed E-state index contributed by atoms with van der Waals surface area (Å²) in [5.41, 5.74) is -1.61. The van der Waals surface area contributed by atoms with Crippen molar-refractivity contribution in [3.63, 3.8) is 0 Å². The first kappa shape index (κ1) is 22.8. The largest absolute Gasteiger partial charge is 0.472 e. The van der Waals surface area contributed by atoms with E-state index < -0.39 is 40.7 Å². The summed E-state index contributed by atoms with van der Waals surface area (Å²) < 4.78 is 16.6. The average Bonchev–Trinajstić information content (AvgIpc) is 3.39. The van der Waals surface area contributed by atoms with Crippen molar-refractivity contribution in [2.75, 3.05) is 0 Å². The van der Waals surface area contributed by atoms with Gasteiger partial charge in [0, 0.05) is 23.0 Å². The number of furan rings is 1. The Kier molecular flexibility index (Phi) is 5.41. The smallest absolute Gasteiger partial charge is 0.333 e. The molecule has 3 aliphatic rings. The molecule has 1 spiro atoms. The molecular weight excluding hydrogens is 412 g/mol. The SMILES string of the molecule is CC=C(C)C(=O)O[C@@H]1[C@H](O)C=C2[C@@]3(C[C@H](c4ccoc4)OC3=O)[C@H](C)CC[C@]2(C)[C@@]1(C)O. The second kappa shape index (κ2) is 7.59. The van der Waals surface area contributed by atoms with E-state index >= 15 is 0 Å². The maximum absolute atomic E-state index is 13.4. The summed E-state index contributed by atoms with van der Waals surface area (Å²) in [6.45, 7) is 8.84. The summed E-state index contributed by atoms with van der Waals surface area (Å²) in [4.78, 5) is 25.9. The van der Waals surface area contributed by atoms with Crippen LogP contribution in [0, 0.1) is 16.7 Å². The minimum Gasteiger partial charge on any atom is -0.472 e. The zero-order valence-corrected chi connectivity index (χ0v) is 19.3. The second-order valence-electron chi connectivity index (χ2n) is 9.91. The fraction of sp³-hybridized carbons (Fsp3) is 0.600. The summed E-state index contributed by atoms with van der Waals surface area (Å²) in [5, 5.41) is 22.8. The van der Waals surface area contributed by atoms with Gasteiger partial charge >= 0.3 is 11.9 Å². The molecule has 0 bridgehead atoms. The zero-order chi connectivity index (χ0) is 23.5. The van der Waals surface area contributed by atoms with Gasteiger partial charge in [-0.05, 0) is 51.2 Å². The molecule has 2 heterocycles. The molecule has 0 radical (unpaired) electrons. The molecule has 174 valence electrons. The van der Waals surface area contributed by atoms with Crippen LogP contribution in [0.2, 0.25) is 0 Å². The molecule has 0 aromatic carbocycles. The number of allylic oxidation sites excluding steroid dienone is 1. The summed E-state index contributed by atoms with van der Waals surface area (Å²) in [5.74, 6) is -0.980. The van der Waals surface area contributed by atoms with E-state index in [0.29, 0.717) is 30.4 Å². The van der Waals surface area contributed by atoms with Crippen LogP contribution in [0.3, 0.4) is 0 Å². The molecule has 7 heteroatoms. The van der Waals surface area contributed by atoms with Gasteiger partial charge in [0.05, 0.1) is 17.9 Å². The molecular formula is C25H32O7. The molecule has 1 aromatic heterocycles. The number of hydrogen-bond donors (Lipinski definition) is 2. The number of aliphatic hydroxyl groups excluding tert-OH is 1. The maximum atomic E-state index is 13.4. The van der Waals surface area contributed by atoms with Crippen LogP contribution in [0.25, 0.3) is 0 Å². The Labute approximate surface area is 188 Å². The highest BCUT2D eigenvalue weighted by Crippen LogP contribution is 2.66. The van der Waals surface area contributed by atoms with Crippen LogP contribution in [0.5, 0.6) is 0 Å².